The van der Waals surface area contributed by atoms with Crippen molar-refractivity contribution in [2.24, 2.45) is 0 Å². The number of hydrogen-bond donors (Lipinski definition) is 1. The minimum atomic E-state index is 0.217. The summed E-state index contributed by atoms with van der Waals surface area (Å²) in [7, 11) is 4.20. The summed E-state index contributed by atoms with van der Waals surface area (Å²) in [4.78, 5) is 2.19. The largest absolute Gasteiger partial charge is 0.380 e. The molecule has 0 amide bonds. The van der Waals surface area contributed by atoms with Crippen molar-refractivity contribution in [3.05, 3.63) is 0 Å². The number of nitrogens with one attached hydrogen (secondary N) is 1. The monoisotopic (exact) mass is 186 g/mol. The molecule has 1 atom stereocenters. The van der Waals surface area contributed by atoms with Crippen LogP contribution >= 0.6 is 0 Å². The minimum absolute atomic E-state index is 0.217. The van der Waals surface area contributed by atoms with Crippen LogP contribution in [0.3, 0.4) is 0 Å². The average Bonchev–Trinajstić information content (AvgIpc) is 2.04. The molecule has 1 saturated heterocycles. The van der Waals surface area contributed by atoms with Gasteiger partial charge in [0.05, 0.1) is 6.61 Å². The van der Waals surface area contributed by atoms with Crippen LogP contribution in [0.25, 0.3) is 0 Å². The van der Waals surface area contributed by atoms with Gasteiger partial charge >= 0.3 is 0 Å². The molecule has 0 aromatic carbocycles. The minimum Gasteiger partial charge on any atom is -0.380 e. The number of rotatable bonds is 4. The predicted octanol–water partition coefficient (Wildman–Crippen LogP) is 0.707. The van der Waals surface area contributed by atoms with Crippen LogP contribution in [0.2, 0.25) is 0 Å². The fourth-order valence-electron chi connectivity index (χ4n) is 1.65. The highest BCUT2D eigenvalue weighted by Gasteiger charge is 2.26. The van der Waals surface area contributed by atoms with Gasteiger partial charge in [0, 0.05) is 25.2 Å². The molecule has 1 unspecified atom stereocenters. The number of likely N-dealkylation sites (N-methyl/N-ethyl adjacent to an activating group) is 1. The zero-order valence-electron chi connectivity index (χ0n) is 9.10. The number of nitrogens with zero attached hydrogens (tertiary/aromatic N) is 1. The average molecular weight is 186 g/mol. The molecule has 0 spiro atoms. The van der Waals surface area contributed by atoms with E-state index < -0.39 is 0 Å². The molecule has 1 aliphatic heterocycles. The van der Waals surface area contributed by atoms with Crippen LogP contribution in [-0.4, -0.2) is 50.8 Å². The van der Waals surface area contributed by atoms with Crippen molar-refractivity contribution < 1.29 is 4.74 Å². The summed E-state index contributed by atoms with van der Waals surface area (Å²) >= 11 is 0. The van der Waals surface area contributed by atoms with Gasteiger partial charge in [-0.3, -0.25) is 0 Å². The van der Waals surface area contributed by atoms with Crippen LogP contribution in [0.15, 0.2) is 0 Å². The zero-order valence-corrected chi connectivity index (χ0v) is 9.10. The highest BCUT2D eigenvalue weighted by atomic mass is 16.5. The fourth-order valence-corrected chi connectivity index (χ4v) is 1.65. The molecule has 0 aromatic rings. The molecule has 1 heterocycles. The van der Waals surface area contributed by atoms with Crippen LogP contribution in [0.4, 0.5) is 0 Å². The number of hydrogen-bond acceptors (Lipinski definition) is 3. The van der Waals surface area contributed by atoms with E-state index in [2.05, 4.69) is 31.2 Å². The van der Waals surface area contributed by atoms with Crippen molar-refractivity contribution in [2.45, 2.75) is 25.3 Å². The Morgan fingerprint density at radius 1 is 1.46 bits per heavy atom. The van der Waals surface area contributed by atoms with Gasteiger partial charge in [-0.05, 0) is 33.9 Å². The Morgan fingerprint density at radius 2 is 2.23 bits per heavy atom. The Morgan fingerprint density at radius 3 is 2.77 bits per heavy atom. The normalized spacial score (nSPS) is 29.5. The van der Waals surface area contributed by atoms with E-state index in [0.717, 1.165) is 26.3 Å². The molecule has 0 radical (unpaired) electrons. The Labute approximate surface area is 81.4 Å². The summed E-state index contributed by atoms with van der Waals surface area (Å²) in [6.07, 6.45) is 2.42. The van der Waals surface area contributed by atoms with Crippen molar-refractivity contribution in [1.29, 1.82) is 0 Å². The lowest BCUT2D eigenvalue weighted by molar-refractivity contribution is 0.0281. The first kappa shape index (κ1) is 11.0. The van der Waals surface area contributed by atoms with Crippen LogP contribution < -0.4 is 5.32 Å². The maximum atomic E-state index is 5.47. The second-order valence-electron chi connectivity index (χ2n) is 4.45. The third-order valence-corrected chi connectivity index (χ3v) is 2.55. The summed E-state index contributed by atoms with van der Waals surface area (Å²) in [5, 5.41) is 3.56. The lowest BCUT2D eigenvalue weighted by Gasteiger charge is -2.34. The van der Waals surface area contributed by atoms with E-state index >= 15 is 0 Å². The quantitative estimate of drug-likeness (QED) is 0.699. The zero-order chi connectivity index (χ0) is 9.73. The first-order chi connectivity index (χ1) is 6.12. The molecule has 1 rings (SSSR count). The number of ether oxygens (including phenoxy) is 1. The van der Waals surface area contributed by atoms with Gasteiger partial charge in [0.1, 0.15) is 0 Å². The van der Waals surface area contributed by atoms with Crippen molar-refractivity contribution in [1.82, 2.24) is 10.2 Å². The van der Waals surface area contributed by atoms with E-state index in [-0.39, 0.29) is 5.54 Å². The molecule has 3 nitrogen and oxygen atoms in total. The first-order valence-corrected chi connectivity index (χ1v) is 5.10. The molecular formula is C10H22N2O. The molecule has 78 valence electrons. The van der Waals surface area contributed by atoms with Crippen LogP contribution in [0.5, 0.6) is 0 Å². The Kier molecular flexibility index (Phi) is 4.16. The molecule has 1 fully saturated rings. The second kappa shape index (κ2) is 4.94. The van der Waals surface area contributed by atoms with E-state index in [4.69, 9.17) is 4.74 Å². The first-order valence-electron chi connectivity index (χ1n) is 5.10. The predicted molar refractivity (Wildman–Crippen MR) is 55.0 cm³/mol. The van der Waals surface area contributed by atoms with Gasteiger partial charge in [-0.1, -0.05) is 0 Å². The summed E-state index contributed by atoms with van der Waals surface area (Å²) in [5.74, 6) is 0. The summed E-state index contributed by atoms with van der Waals surface area (Å²) in [6, 6.07) is 0. The van der Waals surface area contributed by atoms with Gasteiger partial charge in [0.2, 0.25) is 0 Å². The van der Waals surface area contributed by atoms with E-state index in [1.54, 1.807) is 0 Å². The van der Waals surface area contributed by atoms with Gasteiger partial charge in [-0.2, -0.15) is 0 Å². The van der Waals surface area contributed by atoms with Crippen LogP contribution in [-0.2, 0) is 4.74 Å². The topological polar surface area (TPSA) is 24.5 Å². The summed E-state index contributed by atoms with van der Waals surface area (Å²) in [6.45, 7) is 6.19. The maximum Gasteiger partial charge on any atom is 0.0645 e. The molecule has 0 aromatic heterocycles. The lowest BCUT2D eigenvalue weighted by atomic mass is 9.95. The molecular weight excluding hydrogens is 164 g/mol. The summed E-state index contributed by atoms with van der Waals surface area (Å²) < 4.78 is 5.47. The maximum absolute atomic E-state index is 5.47. The Balaban J connectivity index is 2.17. The molecule has 0 bridgehead atoms. The third kappa shape index (κ3) is 4.07. The molecule has 0 saturated carbocycles. The van der Waals surface area contributed by atoms with E-state index in [1.165, 1.54) is 12.8 Å². The third-order valence-electron chi connectivity index (χ3n) is 2.55. The van der Waals surface area contributed by atoms with Gasteiger partial charge < -0.3 is 15.0 Å². The van der Waals surface area contributed by atoms with Crippen molar-refractivity contribution in [3.8, 4) is 0 Å². The van der Waals surface area contributed by atoms with E-state index in [1.807, 2.05) is 0 Å². The molecule has 13 heavy (non-hydrogen) atoms. The fraction of sp³-hybridized carbons (Fsp3) is 1.00. The van der Waals surface area contributed by atoms with E-state index in [0.29, 0.717) is 0 Å². The lowest BCUT2D eigenvalue weighted by Crippen LogP contribution is -2.50. The second-order valence-corrected chi connectivity index (χ2v) is 4.45. The highest BCUT2D eigenvalue weighted by Crippen LogP contribution is 2.17. The van der Waals surface area contributed by atoms with Crippen LogP contribution in [0.1, 0.15) is 19.8 Å². The van der Waals surface area contributed by atoms with Crippen molar-refractivity contribution >= 4 is 0 Å². The summed E-state index contributed by atoms with van der Waals surface area (Å²) in [5.41, 5.74) is 0.217. The molecule has 1 aliphatic rings. The smallest absolute Gasteiger partial charge is 0.0645 e. The Bertz CT molecular complexity index is 142. The van der Waals surface area contributed by atoms with Crippen LogP contribution in [0, 0.1) is 0 Å². The standard InChI is InChI=1S/C10H22N2O/c1-10(5-4-8-13-9-10)11-6-7-12(2)3/h11H,4-9H2,1-3H3. The van der Waals surface area contributed by atoms with Crippen molar-refractivity contribution in [3.63, 3.8) is 0 Å². The van der Waals surface area contributed by atoms with Crippen molar-refractivity contribution in [2.75, 3.05) is 40.4 Å². The van der Waals surface area contributed by atoms with Gasteiger partial charge in [0.25, 0.3) is 0 Å². The van der Waals surface area contributed by atoms with Gasteiger partial charge in [-0.15, -0.1) is 0 Å². The molecule has 1 N–H and O–H groups in total. The van der Waals surface area contributed by atoms with Gasteiger partial charge in [-0.25, -0.2) is 0 Å². The SMILES string of the molecule is CN(C)CCNC1(C)CCCOC1. The highest BCUT2D eigenvalue weighted by molar-refractivity contribution is 4.85. The van der Waals surface area contributed by atoms with Gasteiger partial charge in [0.15, 0.2) is 0 Å². The Hall–Kier alpha value is -0.120. The molecule has 3 heteroatoms. The van der Waals surface area contributed by atoms with E-state index in [9.17, 15) is 0 Å². The molecule has 0 aliphatic carbocycles.